The van der Waals surface area contributed by atoms with Crippen molar-refractivity contribution in [2.75, 3.05) is 6.61 Å². The maximum absolute atomic E-state index is 14.0. The van der Waals surface area contributed by atoms with Crippen LogP contribution in [-0.2, 0) is 58.1 Å². The third-order valence-electron chi connectivity index (χ3n) is 7.09. The molecular formula is C34H35NO8S. The maximum Gasteiger partial charge on any atom is 0.303 e. The van der Waals surface area contributed by atoms with Crippen molar-refractivity contribution >= 4 is 15.8 Å². The molecule has 1 aliphatic heterocycles. The quantitative estimate of drug-likeness (QED) is 0.194. The molecule has 10 heteroatoms. The summed E-state index contributed by atoms with van der Waals surface area (Å²) in [6, 6.07) is 33.1. The molecule has 9 nitrogen and oxygen atoms in total. The zero-order chi connectivity index (χ0) is 30.8. The zero-order valence-electron chi connectivity index (χ0n) is 24.3. The van der Waals surface area contributed by atoms with Crippen molar-refractivity contribution in [1.29, 1.82) is 0 Å². The van der Waals surface area contributed by atoms with E-state index in [0.717, 1.165) is 16.7 Å². The zero-order valence-corrected chi connectivity index (χ0v) is 25.1. The number of hydrogen-bond donors (Lipinski definition) is 0. The minimum absolute atomic E-state index is 0.0133. The number of esters is 1. The minimum Gasteiger partial charge on any atom is -0.456 e. The van der Waals surface area contributed by atoms with E-state index in [1.807, 2.05) is 91.0 Å². The first-order valence-corrected chi connectivity index (χ1v) is 15.9. The van der Waals surface area contributed by atoms with Gasteiger partial charge >= 0.3 is 5.97 Å². The molecule has 3 aromatic carbocycles. The first-order chi connectivity index (χ1) is 21.4. The minimum atomic E-state index is -4.28. The van der Waals surface area contributed by atoms with Crippen molar-refractivity contribution < 1.29 is 36.9 Å². The van der Waals surface area contributed by atoms with E-state index in [4.69, 9.17) is 23.7 Å². The fourth-order valence-electron chi connectivity index (χ4n) is 5.01. The second-order valence-electron chi connectivity index (χ2n) is 10.4. The summed E-state index contributed by atoms with van der Waals surface area (Å²) in [5, 5.41) is -0.212. The molecule has 5 atom stereocenters. The molecule has 0 aliphatic carbocycles. The van der Waals surface area contributed by atoms with Gasteiger partial charge in [-0.15, -0.1) is 0 Å². The Morgan fingerprint density at radius 2 is 1.23 bits per heavy atom. The molecule has 0 N–H and O–H groups in total. The van der Waals surface area contributed by atoms with Gasteiger partial charge in [-0.25, -0.2) is 13.4 Å². The molecular weight excluding hydrogens is 582 g/mol. The van der Waals surface area contributed by atoms with E-state index in [1.165, 1.54) is 19.2 Å². The van der Waals surface area contributed by atoms with Gasteiger partial charge in [-0.2, -0.15) is 0 Å². The predicted molar refractivity (Wildman–Crippen MR) is 162 cm³/mol. The van der Waals surface area contributed by atoms with Gasteiger partial charge < -0.3 is 23.7 Å². The lowest BCUT2D eigenvalue weighted by Gasteiger charge is -2.45. The van der Waals surface area contributed by atoms with Gasteiger partial charge in [0.1, 0.15) is 18.3 Å². The lowest BCUT2D eigenvalue weighted by atomic mass is 9.99. The molecule has 0 amide bonds. The van der Waals surface area contributed by atoms with Crippen molar-refractivity contribution in [1.82, 2.24) is 4.98 Å². The molecule has 2 heterocycles. The average molecular weight is 618 g/mol. The molecule has 0 spiro atoms. The molecule has 1 fully saturated rings. The predicted octanol–water partition coefficient (Wildman–Crippen LogP) is 4.90. The van der Waals surface area contributed by atoms with E-state index < -0.39 is 45.7 Å². The highest BCUT2D eigenvalue weighted by molar-refractivity contribution is 7.91. The van der Waals surface area contributed by atoms with Crippen LogP contribution < -0.4 is 0 Å². The number of rotatable bonds is 13. The van der Waals surface area contributed by atoms with Gasteiger partial charge in [0.15, 0.2) is 11.1 Å². The number of pyridine rings is 1. The highest BCUT2D eigenvalue weighted by Gasteiger charge is 2.54. The summed E-state index contributed by atoms with van der Waals surface area (Å²) in [6.07, 6.45) is -2.79. The molecule has 1 aliphatic rings. The van der Waals surface area contributed by atoms with Crippen LogP contribution in [0.4, 0.5) is 0 Å². The topological polar surface area (TPSA) is 110 Å². The van der Waals surface area contributed by atoms with Gasteiger partial charge in [0, 0.05) is 13.1 Å². The van der Waals surface area contributed by atoms with Gasteiger partial charge in [-0.3, -0.25) is 4.79 Å². The van der Waals surface area contributed by atoms with E-state index in [9.17, 15) is 13.2 Å². The van der Waals surface area contributed by atoms with Crippen LogP contribution in [0.15, 0.2) is 120 Å². The number of nitrogens with zero attached hydrogens (tertiary/aromatic N) is 1. The Labute approximate surface area is 257 Å². The number of carbonyl (C=O) groups excluding carboxylic acids is 1. The Bertz CT molecular complexity index is 1560. The summed E-state index contributed by atoms with van der Waals surface area (Å²) >= 11 is 0. The van der Waals surface area contributed by atoms with Gasteiger partial charge in [0.2, 0.25) is 15.3 Å². The van der Waals surface area contributed by atoms with Crippen LogP contribution in [0.25, 0.3) is 0 Å². The van der Waals surface area contributed by atoms with Gasteiger partial charge in [0.25, 0.3) is 0 Å². The second-order valence-corrected chi connectivity index (χ2v) is 12.3. The Morgan fingerprint density at radius 3 is 1.75 bits per heavy atom. The molecule has 4 aromatic rings. The van der Waals surface area contributed by atoms with Crippen molar-refractivity contribution in [3.05, 3.63) is 132 Å². The largest absolute Gasteiger partial charge is 0.456 e. The number of benzene rings is 3. The van der Waals surface area contributed by atoms with Gasteiger partial charge in [-0.05, 0) is 28.8 Å². The summed E-state index contributed by atoms with van der Waals surface area (Å²) in [7, 11) is -4.28. The third-order valence-corrected chi connectivity index (χ3v) is 8.91. The Morgan fingerprint density at radius 1 is 0.705 bits per heavy atom. The van der Waals surface area contributed by atoms with Crippen LogP contribution in [0.5, 0.6) is 0 Å². The molecule has 230 valence electrons. The molecule has 0 radical (unpaired) electrons. The van der Waals surface area contributed by atoms with Crippen molar-refractivity contribution in [2.24, 2.45) is 0 Å². The molecule has 5 rings (SSSR count). The van der Waals surface area contributed by atoms with E-state index >= 15 is 0 Å². The van der Waals surface area contributed by atoms with Crippen molar-refractivity contribution in [3.8, 4) is 0 Å². The first-order valence-electron chi connectivity index (χ1n) is 14.3. The van der Waals surface area contributed by atoms with E-state index in [1.54, 1.807) is 12.1 Å². The number of carbonyl (C=O) groups is 1. The standard InChI is InChI=1S/C34H35NO8S/c1-25(36)42-33-32(41-23-28-17-9-4-10-18-28)31(40-22-27-15-7-3-8-16-27)29(24-39-21-26-13-5-2-6-14-26)43-34(33)44(37,38)30-19-11-12-20-35-30/h2-20,29,31-34H,21-24H2,1H3/t29-,31-,32+,33+,34-/m1/s1. The molecule has 44 heavy (non-hydrogen) atoms. The van der Waals surface area contributed by atoms with E-state index in [-0.39, 0.29) is 31.5 Å². The van der Waals surface area contributed by atoms with Crippen LogP contribution in [-0.4, -0.2) is 55.8 Å². The summed E-state index contributed by atoms with van der Waals surface area (Å²) in [5.74, 6) is -0.686. The molecule has 0 saturated carbocycles. The van der Waals surface area contributed by atoms with E-state index in [0.29, 0.717) is 0 Å². The number of sulfone groups is 1. The average Bonchev–Trinajstić information content (AvgIpc) is 3.05. The van der Waals surface area contributed by atoms with Crippen LogP contribution in [0.3, 0.4) is 0 Å². The second kappa shape index (κ2) is 15.2. The molecule has 1 saturated heterocycles. The monoisotopic (exact) mass is 617 g/mol. The number of hydrogen-bond acceptors (Lipinski definition) is 9. The number of aromatic nitrogens is 1. The fraction of sp³-hybridized carbons (Fsp3) is 0.294. The first kappa shape index (κ1) is 31.5. The van der Waals surface area contributed by atoms with Crippen LogP contribution in [0.1, 0.15) is 23.6 Å². The van der Waals surface area contributed by atoms with E-state index in [2.05, 4.69) is 4.98 Å². The fourth-order valence-corrected chi connectivity index (χ4v) is 6.57. The number of ether oxygens (including phenoxy) is 5. The molecule has 0 unspecified atom stereocenters. The molecule has 1 aromatic heterocycles. The third kappa shape index (κ3) is 8.16. The highest BCUT2D eigenvalue weighted by atomic mass is 32.2. The smallest absolute Gasteiger partial charge is 0.303 e. The maximum atomic E-state index is 14.0. The normalized spacial score (nSPS) is 21.9. The molecule has 0 bridgehead atoms. The van der Waals surface area contributed by atoms with Crippen LogP contribution >= 0.6 is 0 Å². The summed E-state index contributed by atoms with van der Waals surface area (Å²) in [6.45, 7) is 1.77. The lowest BCUT2D eigenvalue weighted by molar-refractivity contribution is -0.250. The Balaban J connectivity index is 1.51. The Hall–Kier alpha value is -3.93. The SMILES string of the molecule is CC(=O)O[C@H]1[C@@H](OCc2ccccc2)[C@H](OCc2ccccc2)[C@@H](COCc2ccccc2)O[C@@H]1S(=O)(=O)c1ccccn1. The van der Waals surface area contributed by atoms with Crippen molar-refractivity contribution in [3.63, 3.8) is 0 Å². The highest BCUT2D eigenvalue weighted by Crippen LogP contribution is 2.34. The summed E-state index contributed by atoms with van der Waals surface area (Å²) < 4.78 is 58.9. The lowest BCUT2D eigenvalue weighted by Crippen LogP contribution is -2.63. The van der Waals surface area contributed by atoms with Crippen LogP contribution in [0.2, 0.25) is 0 Å². The van der Waals surface area contributed by atoms with Crippen LogP contribution in [0, 0.1) is 0 Å². The van der Waals surface area contributed by atoms with Crippen molar-refractivity contribution in [2.45, 2.75) is 61.6 Å². The Kier molecular flexibility index (Phi) is 10.9. The summed E-state index contributed by atoms with van der Waals surface area (Å²) in [5.41, 5.74) is 1.05. The summed E-state index contributed by atoms with van der Waals surface area (Å²) in [4.78, 5) is 16.5. The van der Waals surface area contributed by atoms with Gasteiger partial charge in [-0.1, -0.05) is 97.1 Å². The van der Waals surface area contributed by atoms with Gasteiger partial charge in [0.05, 0.1) is 26.4 Å².